The van der Waals surface area contributed by atoms with Crippen molar-refractivity contribution in [3.05, 3.63) is 64.8 Å². The number of nitrogens with zero attached hydrogens (tertiary/aromatic N) is 5. The fourth-order valence-corrected chi connectivity index (χ4v) is 6.26. The molecule has 0 atom stereocenters. The van der Waals surface area contributed by atoms with E-state index in [1.807, 2.05) is 25.1 Å². The molecule has 3 aromatic rings. The van der Waals surface area contributed by atoms with Gasteiger partial charge in [-0.2, -0.15) is 22.6 Å². The zero-order valence-corrected chi connectivity index (χ0v) is 24.8. The minimum absolute atomic E-state index is 0.0934. The van der Waals surface area contributed by atoms with Crippen LogP contribution in [-0.4, -0.2) is 72.9 Å². The van der Waals surface area contributed by atoms with Crippen LogP contribution in [0.25, 0.3) is 11.3 Å². The van der Waals surface area contributed by atoms with E-state index in [9.17, 15) is 21.6 Å². The van der Waals surface area contributed by atoms with Crippen LogP contribution in [0.2, 0.25) is 5.02 Å². The molecule has 0 unspecified atom stereocenters. The van der Waals surface area contributed by atoms with Crippen molar-refractivity contribution in [2.75, 3.05) is 56.2 Å². The van der Waals surface area contributed by atoms with Crippen molar-refractivity contribution in [3.63, 3.8) is 0 Å². The molecule has 8 nitrogen and oxygen atoms in total. The van der Waals surface area contributed by atoms with Crippen molar-refractivity contribution in [2.45, 2.75) is 39.0 Å². The summed E-state index contributed by atoms with van der Waals surface area (Å²) in [5.41, 5.74) is 8.58. The molecule has 0 saturated carbocycles. The predicted molar refractivity (Wildman–Crippen MR) is 157 cm³/mol. The number of halogens is 4. The monoisotopic (exact) mass is 612 g/mol. The number of sulfonamides is 1. The first-order chi connectivity index (χ1) is 19.4. The lowest BCUT2D eigenvalue weighted by Crippen LogP contribution is -2.47. The van der Waals surface area contributed by atoms with Crippen LogP contribution in [0.5, 0.6) is 0 Å². The Balaban J connectivity index is 1.44. The van der Waals surface area contributed by atoms with Crippen molar-refractivity contribution in [1.82, 2.24) is 19.0 Å². The summed E-state index contributed by atoms with van der Waals surface area (Å²) < 4.78 is 67.3. The Morgan fingerprint density at radius 1 is 1.05 bits per heavy atom. The normalized spacial score (nSPS) is 15.1. The van der Waals surface area contributed by atoms with Crippen molar-refractivity contribution < 1.29 is 21.6 Å². The Hall–Kier alpha value is -2.80. The van der Waals surface area contributed by atoms with E-state index in [-0.39, 0.29) is 6.54 Å². The predicted octanol–water partition coefficient (Wildman–Crippen LogP) is 5.19. The highest BCUT2D eigenvalue weighted by Crippen LogP contribution is 2.33. The third-order valence-electron chi connectivity index (χ3n) is 7.18. The van der Waals surface area contributed by atoms with Gasteiger partial charge in [0.25, 0.3) is 0 Å². The van der Waals surface area contributed by atoms with Crippen LogP contribution in [0.1, 0.15) is 30.9 Å². The van der Waals surface area contributed by atoms with Gasteiger partial charge in [-0.1, -0.05) is 36.7 Å². The number of hydrogen-bond acceptors (Lipinski definition) is 6. The highest BCUT2D eigenvalue weighted by atomic mass is 35.5. The van der Waals surface area contributed by atoms with E-state index in [1.165, 1.54) is 16.4 Å². The second kappa shape index (κ2) is 13.0. The number of alkyl halides is 3. The molecule has 1 fully saturated rings. The molecule has 224 valence electrons. The third kappa shape index (κ3) is 7.94. The number of rotatable bonds is 11. The topological polar surface area (TPSA) is 87.7 Å². The van der Waals surface area contributed by atoms with Crippen LogP contribution >= 0.6 is 11.6 Å². The van der Waals surface area contributed by atoms with Crippen LogP contribution in [0, 0.1) is 0 Å². The quantitative estimate of drug-likeness (QED) is 0.300. The fourth-order valence-electron chi connectivity index (χ4n) is 5.07. The van der Waals surface area contributed by atoms with Gasteiger partial charge in [0.1, 0.15) is 0 Å². The molecule has 1 aliphatic rings. The van der Waals surface area contributed by atoms with Crippen molar-refractivity contribution in [2.24, 2.45) is 0 Å². The second-order valence-electron chi connectivity index (χ2n) is 10.3. The van der Waals surface area contributed by atoms with Gasteiger partial charge in [0.15, 0.2) is 0 Å². The van der Waals surface area contributed by atoms with Crippen LogP contribution in [0.4, 0.5) is 24.5 Å². The molecular formula is C28H36ClF3N6O2S. The molecule has 1 aromatic heterocycles. The van der Waals surface area contributed by atoms with Crippen molar-refractivity contribution in [1.29, 1.82) is 0 Å². The van der Waals surface area contributed by atoms with Crippen LogP contribution in [-0.2, 0) is 29.3 Å². The van der Waals surface area contributed by atoms with Crippen LogP contribution in [0.15, 0.2) is 48.7 Å². The number of piperazine rings is 1. The van der Waals surface area contributed by atoms with E-state index in [0.29, 0.717) is 47.0 Å². The first kappa shape index (κ1) is 31.1. The van der Waals surface area contributed by atoms with Gasteiger partial charge in [0.05, 0.1) is 33.9 Å². The van der Waals surface area contributed by atoms with Gasteiger partial charge in [0.2, 0.25) is 10.0 Å². The fraction of sp³-hybridized carbons (Fsp3) is 0.464. The Morgan fingerprint density at radius 3 is 2.32 bits per heavy atom. The Morgan fingerprint density at radius 2 is 1.73 bits per heavy atom. The second-order valence-corrected chi connectivity index (χ2v) is 12.7. The molecule has 1 saturated heterocycles. The molecule has 2 N–H and O–H groups in total. The van der Waals surface area contributed by atoms with E-state index in [0.717, 1.165) is 63.2 Å². The van der Waals surface area contributed by atoms with Crippen LogP contribution < -0.4 is 10.6 Å². The SMILES string of the molecule is CCCN(Cc1cn(CCCN2CCN(c3c(N)cccc3Cl)CC2)nc1-c1ccc(C(F)(F)F)cc1)S(C)(=O)=O. The van der Waals surface area contributed by atoms with Gasteiger partial charge < -0.3 is 10.6 Å². The Kier molecular flexibility index (Phi) is 9.89. The first-order valence-electron chi connectivity index (χ1n) is 13.6. The Bertz CT molecular complexity index is 1400. The number of hydrogen-bond donors (Lipinski definition) is 1. The van der Waals surface area contributed by atoms with E-state index < -0.39 is 21.8 Å². The van der Waals surface area contributed by atoms with E-state index >= 15 is 0 Å². The highest BCUT2D eigenvalue weighted by molar-refractivity contribution is 7.88. The Labute approximate surface area is 244 Å². The minimum Gasteiger partial charge on any atom is -0.397 e. The first-order valence-corrected chi connectivity index (χ1v) is 15.8. The van der Waals surface area contributed by atoms with E-state index in [1.54, 1.807) is 10.9 Å². The van der Waals surface area contributed by atoms with Gasteiger partial charge in [0, 0.05) is 69.7 Å². The number of para-hydroxylation sites is 1. The molecule has 0 aliphatic carbocycles. The zero-order valence-electron chi connectivity index (χ0n) is 23.2. The molecule has 0 bridgehead atoms. The van der Waals surface area contributed by atoms with Gasteiger partial charge >= 0.3 is 6.18 Å². The number of nitrogens with two attached hydrogens (primary N) is 1. The third-order valence-corrected chi connectivity index (χ3v) is 8.73. The maximum atomic E-state index is 13.1. The number of nitrogen functional groups attached to an aromatic ring is 1. The van der Waals surface area contributed by atoms with Crippen LogP contribution in [0.3, 0.4) is 0 Å². The molecule has 41 heavy (non-hydrogen) atoms. The summed E-state index contributed by atoms with van der Waals surface area (Å²) in [6.45, 7) is 7.05. The molecular weight excluding hydrogens is 577 g/mol. The molecule has 2 aromatic carbocycles. The zero-order chi connectivity index (χ0) is 29.8. The summed E-state index contributed by atoms with van der Waals surface area (Å²) in [5, 5.41) is 5.32. The lowest BCUT2D eigenvalue weighted by molar-refractivity contribution is -0.137. The number of anilines is 2. The smallest absolute Gasteiger partial charge is 0.397 e. The van der Waals surface area contributed by atoms with E-state index in [4.69, 9.17) is 17.3 Å². The minimum atomic E-state index is -4.44. The summed E-state index contributed by atoms with van der Waals surface area (Å²) in [7, 11) is -3.48. The van der Waals surface area contributed by atoms with Gasteiger partial charge in [-0.3, -0.25) is 9.58 Å². The molecule has 4 rings (SSSR count). The van der Waals surface area contributed by atoms with Gasteiger partial charge in [-0.25, -0.2) is 8.42 Å². The molecule has 0 spiro atoms. The average molecular weight is 613 g/mol. The lowest BCUT2D eigenvalue weighted by atomic mass is 10.1. The maximum absolute atomic E-state index is 13.1. The summed E-state index contributed by atoms with van der Waals surface area (Å²) in [4.78, 5) is 4.56. The highest BCUT2D eigenvalue weighted by Gasteiger charge is 2.30. The summed E-state index contributed by atoms with van der Waals surface area (Å²) in [5.74, 6) is 0. The van der Waals surface area contributed by atoms with Crippen molar-refractivity contribution in [3.8, 4) is 11.3 Å². The molecule has 0 amide bonds. The summed E-state index contributed by atoms with van der Waals surface area (Å²) >= 11 is 6.38. The van der Waals surface area contributed by atoms with Gasteiger partial charge in [-0.05, 0) is 37.1 Å². The maximum Gasteiger partial charge on any atom is 0.416 e. The van der Waals surface area contributed by atoms with E-state index in [2.05, 4.69) is 14.9 Å². The van der Waals surface area contributed by atoms with Crippen molar-refractivity contribution >= 4 is 33.0 Å². The van der Waals surface area contributed by atoms with Gasteiger partial charge in [-0.15, -0.1) is 0 Å². The number of aromatic nitrogens is 2. The molecule has 1 aliphatic heterocycles. The summed E-state index contributed by atoms with van der Waals surface area (Å²) in [6, 6.07) is 10.3. The summed E-state index contributed by atoms with van der Waals surface area (Å²) in [6.07, 6.45) is -0.0518. The number of benzene rings is 2. The lowest BCUT2D eigenvalue weighted by Gasteiger charge is -2.37. The number of aryl methyl sites for hydroxylation is 1. The molecule has 0 radical (unpaired) electrons. The average Bonchev–Trinajstić information content (AvgIpc) is 3.31. The molecule has 13 heteroatoms. The largest absolute Gasteiger partial charge is 0.416 e. The molecule has 2 heterocycles. The standard InChI is InChI=1S/C28H36ClF3N6O2S/c1-3-12-38(41(2,39)40)20-22-19-37(34-26(22)21-8-10-23(11-9-21)28(30,31)32)14-5-13-35-15-17-36(18-16-35)27-24(29)6-4-7-25(27)33/h4,6-11,19H,3,5,12-18,20,33H2,1-2H3.